The molecule has 1 aromatic rings. The lowest BCUT2D eigenvalue weighted by molar-refractivity contribution is 0.441. The van der Waals surface area contributed by atoms with Crippen LogP contribution in [-0.2, 0) is 0 Å². The molecule has 0 fully saturated rings. The third-order valence-electron chi connectivity index (χ3n) is 1.93. The lowest BCUT2D eigenvalue weighted by Crippen LogP contribution is -2.23. The van der Waals surface area contributed by atoms with E-state index in [9.17, 15) is 0 Å². The Morgan fingerprint density at radius 1 is 1.12 bits per heavy atom. The molecule has 0 radical (unpaired) electrons. The van der Waals surface area contributed by atoms with Crippen molar-refractivity contribution in [3.05, 3.63) is 0 Å². The second-order valence-electron chi connectivity index (χ2n) is 5.24. The van der Waals surface area contributed by atoms with Gasteiger partial charge in [-0.05, 0) is 5.41 Å². The summed E-state index contributed by atoms with van der Waals surface area (Å²) >= 11 is 0. The van der Waals surface area contributed by atoms with E-state index in [2.05, 4.69) is 46.5 Å². The number of nitrogens with zero attached hydrogens (tertiary/aromatic N) is 4. The molecule has 0 bridgehead atoms. The highest BCUT2D eigenvalue weighted by atomic mass is 15.4. The maximum atomic E-state index is 5.32. The molecular formula is C10H21N7. The third-order valence-corrected chi connectivity index (χ3v) is 1.93. The first-order chi connectivity index (χ1) is 7.81. The van der Waals surface area contributed by atoms with Crippen molar-refractivity contribution in [2.24, 2.45) is 11.3 Å². The van der Waals surface area contributed by atoms with Gasteiger partial charge in [-0.3, -0.25) is 5.43 Å². The van der Waals surface area contributed by atoms with Crippen LogP contribution >= 0.6 is 0 Å². The van der Waals surface area contributed by atoms with Crippen molar-refractivity contribution in [3.8, 4) is 0 Å². The van der Waals surface area contributed by atoms with E-state index in [1.54, 1.807) is 4.90 Å². The van der Waals surface area contributed by atoms with Gasteiger partial charge in [-0.2, -0.15) is 15.0 Å². The fraction of sp³-hybridized carbons (Fsp3) is 0.700. The van der Waals surface area contributed by atoms with Crippen LogP contribution in [0.1, 0.15) is 20.8 Å². The van der Waals surface area contributed by atoms with Gasteiger partial charge in [0.2, 0.25) is 17.8 Å². The van der Waals surface area contributed by atoms with Gasteiger partial charge in [0.05, 0.1) is 0 Å². The Hall–Kier alpha value is -1.63. The van der Waals surface area contributed by atoms with Crippen LogP contribution in [0.15, 0.2) is 0 Å². The number of nitrogen functional groups attached to an aromatic ring is 1. The standard InChI is InChI=1S/C10H21N7/c1-10(2,3)6-12-7-13-8(16-11)15-9(14-7)17(4)5/h6,11H2,1-5H3,(H2,12,13,14,15,16). The Labute approximate surface area is 102 Å². The van der Waals surface area contributed by atoms with Crippen molar-refractivity contribution in [1.82, 2.24) is 15.0 Å². The minimum atomic E-state index is 0.154. The normalized spacial score (nSPS) is 11.2. The lowest BCUT2D eigenvalue weighted by atomic mass is 9.97. The van der Waals surface area contributed by atoms with Gasteiger partial charge in [-0.15, -0.1) is 0 Å². The average Bonchev–Trinajstić information content (AvgIpc) is 2.25. The van der Waals surface area contributed by atoms with Gasteiger partial charge in [0.15, 0.2) is 0 Å². The number of hydrazine groups is 1. The van der Waals surface area contributed by atoms with Crippen LogP contribution < -0.4 is 21.5 Å². The van der Waals surface area contributed by atoms with Gasteiger partial charge in [0.1, 0.15) is 0 Å². The molecule has 7 heteroatoms. The maximum absolute atomic E-state index is 5.32. The predicted octanol–water partition coefficient (Wildman–Crippen LogP) is 0.681. The highest BCUT2D eigenvalue weighted by molar-refractivity contribution is 5.42. The molecule has 17 heavy (non-hydrogen) atoms. The van der Waals surface area contributed by atoms with E-state index in [0.29, 0.717) is 17.8 Å². The highest BCUT2D eigenvalue weighted by Crippen LogP contribution is 2.15. The average molecular weight is 239 g/mol. The molecule has 0 aliphatic carbocycles. The first-order valence-corrected chi connectivity index (χ1v) is 5.46. The zero-order chi connectivity index (χ0) is 13.1. The summed E-state index contributed by atoms with van der Waals surface area (Å²) in [5.41, 5.74) is 2.58. The Morgan fingerprint density at radius 2 is 1.71 bits per heavy atom. The van der Waals surface area contributed by atoms with Crippen LogP contribution in [0.4, 0.5) is 17.8 Å². The molecule has 1 aromatic heterocycles. The van der Waals surface area contributed by atoms with E-state index in [-0.39, 0.29) is 5.41 Å². The molecule has 0 saturated heterocycles. The highest BCUT2D eigenvalue weighted by Gasteiger charge is 2.12. The Kier molecular flexibility index (Phi) is 4.06. The summed E-state index contributed by atoms with van der Waals surface area (Å²) in [7, 11) is 3.73. The second kappa shape index (κ2) is 5.13. The van der Waals surface area contributed by atoms with E-state index >= 15 is 0 Å². The van der Waals surface area contributed by atoms with Crippen molar-refractivity contribution in [2.75, 3.05) is 36.3 Å². The Balaban J connectivity index is 2.87. The monoisotopic (exact) mass is 239 g/mol. The molecule has 0 atom stereocenters. The molecule has 96 valence electrons. The Bertz CT molecular complexity index is 369. The summed E-state index contributed by atoms with van der Waals surface area (Å²) in [6.07, 6.45) is 0. The Morgan fingerprint density at radius 3 is 2.18 bits per heavy atom. The van der Waals surface area contributed by atoms with E-state index in [1.807, 2.05) is 14.1 Å². The molecule has 0 aromatic carbocycles. The number of hydrogen-bond acceptors (Lipinski definition) is 7. The fourth-order valence-electron chi connectivity index (χ4n) is 1.05. The summed E-state index contributed by atoms with van der Waals surface area (Å²) < 4.78 is 0. The van der Waals surface area contributed by atoms with E-state index < -0.39 is 0 Å². The summed E-state index contributed by atoms with van der Waals surface area (Å²) in [6, 6.07) is 0. The molecule has 0 unspecified atom stereocenters. The van der Waals surface area contributed by atoms with Crippen molar-refractivity contribution in [3.63, 3.8) is 0 Å². The largest absolute Gasteiger partial charge is 0.353 e. The van der Waals surface area contributed by atoms with Crippen molar-refractivity contribution in [2.45, 2.75) is 20.8 Å². The van der Waals surface area contributed by atoms with Crippen LogP contribution in [0.2, 0.25) is 0 Å². The predicted molar refractivity (Wildman–Crippen MR) is 69.9 cm³/mol. The van der Waals surface area contributed by atoms with Crippen molar-refractivity contribution < 1.29 is 0 Å². The van der Waals surface area contributed by atoms with Crippen LogP contribution in [0, 0.1) is 5.41 Å². The lowest BCUT2D eigenvalue weighted by Gasteiger charge is -2.19. The maximum Gasteiger partial charge on any atom is 0.243 e. The quantitative estimate of drug-likeness (QED) is 0.525. The molecule has 4 N–H and O–H groups in total. The van der Waals surface area contributed by atoms with Gasteiger partial charge in [-0.25, -0.2) is 5.84 Å². The number of hydrogen-bond donors (Lipinski definition) is 3. The number of rotatable bonds is 4. The molecule has 0 amide bonds. The molecular weight excluding hydrogens is 218 g/mol. The molecule has 1 heterocycles. The van der Waals surface area contributed by atoms with Gasteiger partial charge in [0.25, 0.3) is 0 Å². The number of aromatic nitrogens is 3. The minimum absolute atomic E-state index is 0.154. The molecule has 0 aliphatic heterocycles. The summed E-state index contributed by atoms with van der Waals surface area (Å²) in [6.45, 7) is 7.18. The topological polar surface area (TPSA) is 92.0 Å². The third kappa shape index (κ3) is 4.39. The molecule has 0 aliphatic rings. The first kappa shape index (κ1) is 13.4. The number of nitrogens with two attached hydrogens (primary N) is 1. The summed E-state index contributed by atoms with van der Waals surface area (Å²) in [5.74, 6) is 6.75. The van der Waals surface area contributed by atoms with Crippen molar-refractivity contribution in [1.29, 1.82) is 0 Å². The second-order valence-corrected chi connectivity index (χ2v) is 5.24. The zero-order valence-corrected chi connectivity index (χ0v) is 11.1. The van der Waals surface area contributed by atoms with Crippen LogP contribution in [0.25, 0.3) is 0 Å². The molecule has 7 nitrogen and oxygen atoms in total. The molecule has 0 saturated carbocycles. The smallest absolute Gasteiger partial charge is 0.243 e. The zero-order valence-electron chi connectivity index (χ0n) is 11.1. The van der Waals surface area contributed by atoms with Gasteiger partial charge in [-0.1, -0.05) is 20.8 Å². The van der Waals surface area contributed by atoms with Gasteiger partial charge >= 0.3 is 0 Å². The molecule has 0 spiro atoms. The van der Waals surface area contributed by atoms with E-state index in [0.717, 1.165) is 6.54 Å². The SMILES string of the molecule is CN(C)c1nc(NN)nc(NCC(C)(C)C)n1. The number of nitrogens with one attached hydrogen (secondary N) is 2. The summed E-state index contributed by atoms with van der Waals surface area (Å²) in [5, 5.41) is 3.17. The first-order valence-electron chi connectivity index (χ1n) is 5.46. The van der Waals surface area contributed by atoms with Crippen molar-refractivity contribution >= 4 is 17.8 Å². The van der Waals surface area contributed by atoms with Crippen LogP contribution in [0.5, 0.6) is 0 Å². The molecule has 1 rings (SSSR count). The fourth-order valence-corrected chi connectivity index (χ4v) is 1.05. The van der Waals surface area contributed by atoms with E-state index in [1.165, 1.54) is 0 Å². The number of anilines is 3. The van der Waals surface area contributed by atoms with Gasteiger partial charge < -0.3 is 10.2 Å². The minimum Gasteiger partial charge on any atom is -0.353 e. The summed E-state index contributed by atoms with van der Waals surface area (Å²) in [4.78, 5) is 14.3. The van der Waals surface area contributed by atoms with Crippen LogP contribution in [-0.4, -0.2) is 35.6 Å². The van der Waals surface area contributed by atoms with Gasteiger partial charge in [0, 0.05) is 20.6 Å². The van der Waals surface area contributed by atoms with Crippen LogP contribution in [0.3, 0.4) is 0 Å². The van der Waals surface area contributed by atoms with E-state index in [4.69, 9.17) is 5.84 Å².